The molecule has 3 amide bonds. The second kappa shape index (κ2) is 38.8. The van der Waals surface area contributed by atoms with Crippen LogP contribution in [0.3, 0.4) is 0 Å². The highest BCUT2D eigenvalue weighted by Crippen LogP contribution is 2.15. The lowest BCUT2D eigenvalue weighted by atomic mass is 10.0. The molecule has 0 bridgehead atoms. The number of hydrogen-bond donors (Lipinski definition) is 3. The summed E-state index contributed by atoms with van der Waals surface area (Å²) < 4.78 is 0. The molecule has 0 aliphatic heterocycles. The van der Waals surface area contributed by atoms with E-state index in [1.807, 2.05) is 0 Å². The lowest BCUT2D eigenvalue weighted by Crippen LogP contribution is -2.47. The second-order valence-electron chi connectivity index (χ2n) is 16.1. The maximum Gasteiger partial charge on any atom is 0.253 e. The monoisotopic (exact) mass is 755 g/mol. The van der Waals surface area contributed by atoms with Crippen molar-refractivity contribution in [2.24, 2.45) is 0 Å². The van der Waals surface area contributed by atoms with Crippen molar-refractivity contribution in [3.05, 3.63) is 30.1 Å². The zero-order chi connectivity index (χ0) is 39.0. The molecule has 1 aromatic rings. The number of carbonyl (C=O) groups excluding carboxylic acids is 3. The fourth-order valence-electron chi connectivity index (χ4n) is 7.28. The van der Waals surface area contributed by atoms with Gasteiger partial charge in [-0.05, 0) is 31.4 Å². The van der Waals surface area contributed by atoms with E-state index in [1.165, 1.54) is 186 Å². The van der Waals surface area contributed by atoms with Crippen molar-refractivity contribution in [1.29, 1.82) is 0 Å². The highest BCUT2D eigenvalue weighted by Gasteiger charge is 2.22. The third-order valence-corrected chi connectivity index (χ3v) is 10.9. The summed E-state index contributed by atoms with van der Waals surface area (Å²) in [5.41, 5.74) is 0.404. The van der Waals surface area contributed by atoms with Crippen LogP contribution in [0.1, 0.15) is 243 Å². The summed E-state index contributed by atoms with van der Waals surface area (Å²) >= 11 is 0. The predicted octanol–water partition coefficient (Wildman–Crippen LogP) is 12.7. The van der Waals surface area contributed by atoms with E-state index < -0.39 is 6.04 Å². The van der Waals surface area contributed by atoms with Crippen LogP contribution in [0, 0.1) is 0 Å². The Labute approximate surface area is 333 Å². The van der Waals surface area contributed by atoms with Gasteiger partial charge in [-0.15, -0.1) is 0 Å². The summed E-state index contributed by atoms with van der Waals surface area (Å²) in [6.45, 7) is 5.80. The molecule has 0 aliphatic carbocycles. The Morgan fingerprint density at radius 1 is 0.519 bits per heavy atom. The van der Waals surface area contributed by atoms with Crippen LogP contribution in [-0.2, 0) is 9.59 Å². The number of hydrogen-bond acceptors (Lipinski definition) is 4. The number of pyridine rings is 1. The molecule has 7 nitrogen and oxygen atoms in total. The summed E-state index contributed by atoms with van der Waals surface area (Å²) in [7, 11) is 0. The van der Waals surface area contributed by atoms with Crippen LogP contribution in [0.5, 0.6) is 0 Å². The van der Waals surface area contributed by atoms with Crippen LogP contribution in [-0.4, -0.2) is 41.8 Å². The zero-order valence-electron chi connectivity index (χ0n) is 35.5. The molecule has 0 unspecified atom stereocenters. The van der Waals surface area contributed by atoms with Crippen LogP contribution < -0.4 is 16.0 Å². The van der Waals surface area contributed by atoms with Gasteiger partial charge >= 0.3 is 0 Å². The van der Waals surface area contributed by atoms with Gasteiger partial charge in [-0.2, -0.15) is 0 Å². The van der Waals surface area contributed by atoms with Gasteiger partial charge in [0, 0.05) is 31.9 Å². The normalized spacial score (nSPS) is 11.7. The summed E-state index contributed by atoms with van der Waals surface area (Å²) in [5.74, 6) is -0.639. The van der Waals surface area contributed by atoms with Crippen molar-refractivity contribution >= 4 is 17.7 Å². The molecule has 7 heteroatoms. The molecule has 1 rings (SSSR count). The van der Waals surface area contributed by atoms with E-state index in [9.17, 15) is 14.4 Å². The van der Waals surface area contributed by atoms with E-state index in [0.717, 1.165) is 25.7 Å². The van der Waals surface area contributed by atoms with E-state index in [1.54, 1.807) is 18.3 Å². The molecule has 1 aromatic heterocycles. The summed E-state index contributed by atoms with van der Waals surface area (Å²) in [5, 5.41) is 8.89. The average Bonchev–Trinajstić information content (AvgIpc) is 3.19. The van der Waals surface area contributed by atoms with Crippen molar-refractivity contribution in [1.82, 2.24) is 20.9 Å². The standard InChI is InChI=1S/C47H86N4O3/c1-3-5-7-9-11-13-15-17-19-21-23-25-27-29-31-33-40-49-45(52)38-37-44(51-46(53)43-36-35-39-48-42-43)47(54)50-41-34-32-30-28-26-24-22-20-18-16-14-12-10-8-6-4-2/h35-36,39,42,44H,3-34,37-38,40-41H2,1-2H3,(H,49,52)(H,50,54)(H,51,53)/t44-/m0/s1. The van der Waals surface area contributed by atoms with Crippen molar-refractivity contribution in [3.8, 4) is 0 Å². The molecular weight excluding hydrogens is 669 g/mol. The first-order chi connectivity index (χ1) is 26.6. The van der Waals surface area contributed by atoms with Gasteiger partial charge in [0.05, 0.1) is 5.56 Å². The fourth-order valence-corrected chi connectivity index (χ4v) is 7.28. The van der Waals surface area contributed by atoms with Crippen LogP contribution >= 0.6 is 0 Å². The number of amides is 3. The van der Waals surface area contributed by atoms with Gasteiger partial charge in [-0.25, -0.2) is 0 Å². The van der Waals surface area contributed by atoms with Crippen LogP contribution in [0.25, 0.3) is 0 Å². The van der Waals surface area contributed by atoms with Crippen molar-refractivity contribution < 1.29 is 14.4 Å². The molecule has 0 fully saturated rings. The first kappa shape index (κ1) is 49.6. The number of nitrogens with zero attached hydrogens (tertiary/aromatic N) is 1. The molecule has 0 saturated carbocycles. The molecule has 0 aliphatic rings. The third-order valence-electron chi connectivity index (χ3n) is 10.9. The maximum absolute atomic E-state index is 13.1. The molecule has 0 aromatic carbocycles. The maximum atomic E-state index is 13.1. The minimum absolute atomic E-state index is 0.0674. The zero-order valence-corrected chi connectivity index (χ0v) is 35.5. The van der Waals surface area contributed by atoms with Crippen LogP contribution in [0.4, 0.5) is 0 Å². The van der Waals surface area contributed by atoms with Gasteiger partial charge in [0.1, 0.15) is 6.04 Å². The molecular formula is C47H86N4O3. The Bertz CT molecular complexity index is 988. The average molecular weight is 755 g/mol. The lowest BCUT2D eigenvalue weighted by Gasteiger charge is -2.18. The second-order valence-corrected chi connectivity index (χ2v) is 16.1. The molecule has 0 spiro atoms. The topological polar surface area (TPSA) is 100 Å². The minimum atomic E-state index is -0.764. The number of aromatic nitrogens is 1. The molecule has 1 heterocycles. The highest BCUT2D eigenvalue weighted by molar-refractivity contribution is 5.97. The van der Waals surface area contributed by atoms with Gasteiger partial charge in [0.25, 0.3) is 5.91 Å². The van der Waals surface area contributed by atoms with E-state index in [-0.39, 0.29) is 30.6 Å². The molecule has 54 heavy (non-hydrogen) atoms. The summed E-state index contributed by atoms with van der Waals surface area (Å²) in [4.78, 5) is 42.7. The first-order valence-electron chi connectivity index (χ1n) is 23.3. The van der Waals surface area contributed by atoms with Crippen molar-refractivity contribution in [2.75, 3.05) is 13.1 Å². The van der Waals surface area contributed by atoms with Crippen LogP contribution in [0.15, 0.2) is 24.5 Å². The first-order valence-corrected chi connectivity index (χ1v) is 23.3. The van der Waals surface area contributed by atoms with Gasteiger partial charge in [0.2, 0.25) is 11.8 Å². The Morgan fingerprint density at radius 2 is 0.889 bits per heavy atom. The van der Waals surface area contributed by atoms with E-state index in [0.29, 0.717) is 18.7 Å². The smallest absolute Gasteiger partial charge is 0.253 e. The summed E-state index contributed by atoms with van der Waals surface area (Å²) in [6, 6.07) is 2.62. The SMILES string of the molecule is CCCCCCCCCCCCCCCCCCNC(=O)CC[C@H](NC(=O)c1cccnc1)C(=O)NCCCCCCCCCCCCCCCCCC. The van der Waals surface area contributed by atoms with Gasteiger partial charge < -0.3 is 16.0 Å². The number of nitrogens with one attached hydrogen (secondary N) is 3. The molecule has 0 saturated heterocycles. The molecule has 3 N–H and O–H groups in total. The number of unbranched alkanes of at least 4 members (excludes halogenated alkanes) is 30. The number of rotatable bonds is 40. The van der Waals surface area contributed by atoms with Gasteiger partial charge in [-0.1, -0.05) is 206 Å². The van der Waals surface area contributed by atoms with Crippen molar-refractivity contribution in [2.45, 2.75) is 238 Å². The fraction of sp³-hybridized carbons (Fsp3) is 0.830. The predicted molar refractivity (Wildman–Crippen MR) is 230 cm³/mol. The molecule has 312 valence electrons. The largest absolute Gasteiger partial charge is 0.356 e. The van der Waals surface area contributed by atoms with Crippen LogP contribution in [0.2, 0.25) is 0 Å². The van der Waals surface area contributed by atoms with E-state index in [4.69, 9.17) is 0 Å². The Hall–Kier alpha value is -2.44. The van der Waals surface area contributed by atoms with Gasteiger partial charge in [-0.3, -0.25) is 19.4 Å². The quantitative estimate of drug-likeness (QED) is 0.0581. The lowest BCUT2D eigenvalue weighted by molar-refractivity contribution is -0.124. The molecule has 1 atom stereocenters. The highest BCUT2D eigenvalue weighted by atomic mass is 16.2. The minimum Gasteiger partial charge on any atom is -0.356 e. The van der Waals surface area contributed by atoms with E-state index in [2.05, 4.69) is 34.8 Å². The van der Waals surface area contributed by atoms with Gasteiger partial charge in [0.15, 0.2) is 0 Å². The van der Waals surface area contributed by atoms with Crippen molar-refractivity contribution in [3.63, 3.8) is 0 Å². The molecule has 0 radical (unpaired) electrons. The third kappa shape index (κ3) is 31.9. The Kier molecular flexibility index (Phi) is 35.6. The summed E-state index contributed by atoms with van der Waals surface area (Å²) in [6.07, 6.45) is 45.8. The Balaban J connectivity index is 2.14. The Morgan fingerprint density at radius 3 is 1.26 bits per heavy atom. The van der Waals surface area contributed by atoms with E-state index >= 15 is 0 Å². The number of carbonyl (C=O) groups is 3.